The van der Waals surface area contributed by atoms with Gasteiger partial charge in [0.1, 0.15) is 6.26 Å². The Labute approximate surface area is 82.6 Å². The third kappa shape index (κ3) is 3.93. The molecular formula is C9H14O5. The smallest absolute Gasteiger partial charge is 0.348 e. The molecule has 0 heterocycles. The van der Waals surface area contributed by atoms with Crippen molar-refractivity contribution in [3.63, 3.8) is 0 Å². The first-order valence-electron chi connectivity index (χ1n) is 4.24. The number of esters is 2. The standard InChI is InChI=1S/C9H14O5/c1-4-13-6-7(8(10)12-3)9(11)14-5-2/h6H,4-5H2,1-3H3/b7-6-. The van der Waals surface area contributed by atoms with Gasteiger partial charge in [0.25, 0.3) is 0 Å². The Morgan fingerprint density at radius 1 is 1.14 bits per heavy atom. The van der Waals surface area contributed by atoms with E-state index < -0.39 is 11.9 Å². The molecule has 0 aromatic heterocycles. The normalized spacial score (nSPS) is 10.6. The molecule has 0 fully saturated rings. The van der Waals surface area contributed by atoms with Crippen LogP contribution in [0, 0.1) is 0 Å². The number of carbonyl (C=O) groups excluding carboxylic acids is 2. The van der Waals surface area contributed by atoms with Gasteiger partial charge in [0, 0.05) is 0 Å². The zero-order chi connectivity index (χ0) is 11.0. The van der Waals surface area contributed by atoms with Gasteiger partial charge in [-0.1, -0.05) is 0 Å². The van der Waals surface area contributed by atoms with Gasteiger partial charge >= 0.3 is 11.9 Å². The molecule has 0 spiro atoms. The van der Waals surface area contributed by atoms with Crippen molar-refractivity contribution in [2.75, 3.05) is 20.3 Å². The lowest BCUT2D eigenvalue weighted by molar-refractivity contribution is -0.145. The number of ether oxygens (including phenoxy) is 3. The molecule has 0 aliphatic heterocycles. The second-order valence-corrected chi connectivity index (χ2v) is 2.20. The maximum Gasteiger partial charge on any atom is 0.348 e. The van der Waals surface area contributed by atoms with Crippen LogP contribution >= 0.6 is 0 Å². The monoisotopic (exact) mass is 202 g/mol. The fraction of sp³-hybridized carbons (Fsp3) is 0.556. The zero-order valence-corrected chi connectivity index (χ0v) is 8.53. The van der Waals surface area contributed by atoms with Gasteiger partial charge in [-0.3, -0.25) is 0 Å². The van der Waals surface area contributed by atoms with E-state index in [0.29, 0.717) is 6.61 Å². The van der Waals surface area contributed by atoms with Gasteiger partial charge in [0.2, 0.25) is 0 Å². The summed E-state index contributed by atoms with van der Waals surface area (Å²) in [5, 5.41) is 0. The van der Waals surface area contributed by atoms with E-state index in [2.05, 4.69) is 9.47 Å². The van der Waals surface area contributed by atoms with Gasteiger partial charge in [0.15, 0.2) is 5.57 Å². The molecule has 80 valence electrons. The minimum absolute atomic E-state index is 0.194. The predicted molar refractivity (Wildman–Crippen MR) is 48.4 cm³/mol. The molecule has 0 unspecified atom stereocenters. The quantitative estimate of drug-likeness (QED) is 0.215. The summed E-state index contributed by atoms with van der Waals surface area (Å²) in [5.74, 6) is -1.51. The van der Waals surface area contributed by atoms with Crippen molar-refractivity contribution in [2.45, 2.75) is 13.8 Å². The molecule has 14 heavy (non-hydrogen) atoms. The number of hydrogen-bond acceptors (Lipinski definition) is 5. The van der Waals surface area contributed by atoms with Crippen LogP contribution in [0.2, 0.25) is 0 Å². The fourth-order valence-corrected chi connectivity index (χ4v) is 0.665. The number of rotatable bonds is 5. The number of methoxy groups -OCH3 is 1. The second kappa shape index (κ2) is 6.94. The summed E-state index contributed by atoms with van der Waals surface area (Å²) in [6.45, 7) is 3.93. The molecule has 0 rings (SSSR count). The van der Waals surface area contributed by atoms with E-state index in [0.717, 1.165) is 6.26 Å². The lowest BCUT2D eigenvalue weighted by atomic mass is 10.3. The average molecular weight is 202 g/mol. The molecule has 0 N–H and O–H groups in total. The molecule has 0 aromatic carbocycles. The number of hydrogen-bond donors (Lipinski definition) is 0. The topological polar surface area (TPSA) is 61.8 Å². The van der Waals surface area contributed by atoms with Crippen molar-refractivity contribution in [2.24, 2.45) is 0 Å². The Morgan fingerprint density at radius 3 is 2.21 bits per heavy atom. The zero-order valence-electron chi connectivity index (χ0n) is 8.53. The molecule has 0 saturated carbocycles. The summed E-state index contributed by atoms with van der Waals surface area (Å²) in [6, 6.07) is 0. The third-order valence-corrected chi connectivity index (χ3v) is 1.27. The maximum atomic E-state index is 11.2. The average Bonchev–Trinajstić information content (AvgIpc) is 2.18. The van der Waals surface area contributed by atoms with Crippen LogP contribution in [0.3, 0.4) is 0 Å². The van der Waals surface area contributed by atoms with Crippen molar-refractivity contribution in [1.29, 1.82) is 0 Å². The second-order valence-electron chi connectivity index (χ2n) is 2.20. The highest BCUT2D eigenvalue weighted by molar-refractivity contribution is 6.13. The maximum absolute atomic E-state index is 11.2. The van der Waals surface area contributed by atoms with Gasteiger partial charge < -0.3 is 14.2 Å². The van der Waals surface area contributed by atoms with Crippen molar-refractivity contribution < 1.29 is 23.8 Å². The minimum Gasteiger partial charge on any atom is -0.500 e. The van der Waals surface area contributed by atoms with E-state index in [4.69, 9.17) is 4.74 Å². The molecular weight excluding hydrogens is 188 g/mol. The van der Waals surface area contributed by atoms with E-state index in [-0.39, 0.29) is 12.2 Å². The Hall–Kier alpha value is -1.52. The molecule has 0 aliphatic rings. The molecule has 0 aromatic rings. The van der Waals surface area contributed by atoms with Crippen molar-refractivity contribution >= 4 is 11.9 Å². The fourth-order valence-electron chi connectivity index (χ4n) is 0.665. The molecule has 0 saturated heterocycles. The summed E-state index contributed by atoms with van der Waals surface area (Å²) in [7, 11) is 1.18. The Morgan fingerprint density at radius 2 is 1.79 bits per heavy atom. The Kier molecular flexibility index (Phi) is 6.19. The van der Waals surface area contributed by atoms with E-state index in [9.17, 15) is 9.59 Å². The van der Waals surface area contributed by atoms with Gasteiger partial charge in [-0.05, 0) is 13.8 Å². The highest BCUT2D eigenvalue weighted by Gasteiger charge is 2.20. The number of carbonyl (C=O) groups is 2. The molecule has 5 heteroatoms. The van der Waals surface area contributed by atoms with Crippen LogP contribution in [0.4, 0.5) is 0 Å². The van der Waals surface area contributed by atoms with Crippen LogP contribution in [-0.4, -0.2) is 32.3 Å². The SMILES string of the molecule is CCO/C=C(/C(=O)OC)C(=O)OCC. The molecule has 0 aliphatic carbocycles. The van der Waals surface area contributed by atoms with Gasteiger partial charge in [-0.25, -0.2) is 9.59 Å². The summed E-state index contributed by atoms with van der Waals surface area (Å²) in [5.41, 5.74) is -0.240. The van der Waals surface area contributed by atoms with Crippen LogP contribution in [-0.2, 0) is 23.8 Å². The Balaban J connectivity index is 4.54. The van der Waals surface area contributed by atoms with Crippen molar-refractivity contribution in [3.8, 4) is 0 Å². The highest BCUT2D eigenvalue weighted by Crippen LogP contribution is 2.01. The first-order valence-corrected chi connectivity index (χ1v) is 4.24. The van der Waals surface area contributed by atoms with Gasteiger partial charge in [-0.15, -0.1) is 0 Å². The summed E-state index contributed by atoms with van der Waals surface area (Å²) >= 11 is 0. The van der Waals surface area contributed by atoms with Crippen LogP contribution in [0.15, 0.2) is 11.8 Å². The Bertz CT molecular complexity index is 231. The first kappa shape index (κ1) is 12.5. The van der Waals surface area contributed by atoms with E-state index in [1.54, 1.807) is 13.8 Å². The molecule has 0 bridgehead atoms. The molecule has 0 amide bonds. The molecule has 0 radical (unpaired) electrons. The van der Waals surface area contributed by atoms with Crippen LogP contribution in [0.5, 0.6) is 0 Å². The lowest BCUT2D eigenvalue weighted by Gasteiger charge is -2.04. The summed E-state index contributed by atoms with van der Waals surface area (Å²) in [6.07, 6.45) is 1.05. The highest BCUT2D eigenvalue weighted by atomic mass is 16.6. The van der Waals surface area contributed by atoms with E-state index >= 15 is 0 Å². The lowest BCUT2D eigenvalue weighted by Crippen LogP contribution is -2.17. The van der Waals surface area contributed by atoms with Crippen molar-refractivity contribution in [3.05, 3.63) is 11.8 Å². The van der Waals surface area contributed by atoms with E-state index in [1.807, 2.05) is 0 Å². The van der Waals surface area contributed by atoms with Crippen LogP contribution in [0.1, 0.15) is 13.8 Å². The molecule has 0 atom stereocenters. The van der Waals surface area contributed by atoms with Gasteiger partial charge in [-0.2, -0.15) is 0 Å². The third-order valence-electron chi connectivity index (χ3n) is 1.27. The van der Waals surface area contributed by atoms with Gasteiger partial charge in [0.05, 0.1) is 20.3 Å². The summed E-state index contributed by atoms with van der Waals surface area (Å²) in [4.78, 5) is 22.2. The van der Waals surface area contributed by atoms with Crippen LogP contribution < -0.4 is 0 Å². The van der Waals surface area contributed by atoms with Crippen molar-refractivity contribution in [1.82, 2.24) is 0 Å². The molecule has 5 nitrogen and oxygen atoms in total. The largest absolute Gasteiger partial charge is 0.500 e. The predicted octanol–water partition coefficient (Wildman–Crippen LogP) is 0.643. The van der Waals surface area contributed by atoms with Crippen LogP contribution in [0.25, 0.3) is 0 Å². The first-order chi connectivity index (χ1) is 6.67. The minimum atomic E-state index is -0.767. The summed E-state index contributed by atoms with van der Waals surface area (Å²) < 4.78 is 13.8. The van der Waals surface area contributed by atoms with E-state index in [1.165, 1.54) is 7.11 Å².